The first-order valence-corrected chi connectivity index (χ1v) is 13.2. The third-order valence-electron chi connectivity index (χ3n) is 5.76. The van der Waals surface area contributed by atoms with E-state index in [1.54, 1.807) is 48.5 Å². The van der Waals surface area contributed by atoms with Crippen LogP contribution >= 0.6 is 0 Å². The molecule has 0 unspecified atom stereocenters. The highest BCUT2D eigenvalue weighted by Crippen LogP contribution is 2.26. The van der Waals surface area contributed by atoms with Crippen LogP contribution in [0.1, 0.15) is 19.4 Å². The summed E-state index contributed by atoms with van der Waals surface area (Å²) in [6.07, 6.45) is 0. The van der Waals surface area contributed by atoms with Crippen molar-refractivity contribution in [2.75, 3.05) is 24.5 Å². The van der Waals surface area contributed by atoms with Gasteiger partial charge in [-0.15, -0.1) is 0 Å². The number of nitrogens with zero attached hydrogens (tertiary/aromatic N) is 2. The van der Waals surface area contributed by atoms with Crippen molar-refractivity contribution in [2.45, 2.75) is 31.3 Å². The van der Waals surface area contributed by atoms with Gasteiger partial charge in [-0.25, -0.2) is 12.8 Å². The predicted molar refractivity (Wildman–Crippen MR) is 139 cm³/mol. The Hall–Kier alpha value is -3.92. The number of halogens is 1. The van der Waals surface area contributed by atoms with Crippen LogP contribution in [0.15, 0.2) is 83.8 Å². The summed E-state index contributed by atoms with van der Waals surface area (Å²) in [6, 6.07) is 19.0. The molecule has 8 nitrogen and oxygen atoms in total. The number of para-hydroxylation sites is 1. The van der Waals surface area contributed by atoms with Gasteiger partial charge in [0.05, 0.1) is 17.2 Å². The van der Waals surface area contributed by atoms with Gasteiger partial charge in [0.15, 0.2) is 0 Å². The second-order valence-corrected chi connectivity index (χ2v) is 10.0. The fraction of sp³-hybridized carbons (Fsp3) is 0.259. The Labute approximate surface area is 216 Å². The number of sulfonamides is 1. The molecule has 0 spiro atoms. The highest BCUT2D eigenvalue weighted by molar-refractivity contribution is 7.92. The van der Waals surface area contributed by atoms with Crippen LogP contribution in [0.2, 0.25) is 0 Å². The predicted octanol–water partition coefficient (Wildman–Crippen LogP) is 3.58. The Morgan fingerprint density at radius 1 is 0.973 bits per heavy atom. The molecule has 0 aromatic heterocycles. The Bertz CT molecular complexity index is 1320. The molecule has 0 aliphatic rings. The number of nitrogens with one attached hydrogen (secondary N) is 1. The molecular weight excluding hydrogens is 497 g/mol. The standard InChI is InChI=1S/C27H30FN3O5S/c1-4-36-23-14-16-24(17-15-23)37(34,35)31(22-11-6-5-7-12-22)19-26(32)30(20(2)27(33)29-3)18-21-10-8-9-13-25(21)28/h5-17,20H,4,18-19H2,1-3H3,(H,29,33)/t20-/m1/s1. The van der Waals surface area contributed by atoms with E-state index in [9.17, 15) is 22.4 Å². The lowest BCUT2D eigenvalue weighted by molar-refractivity contribution is -0.139. The minimum atomic E-state index is -4.19. The summed E-state index contributed by atoms with van der Waals surface area (Å²) >= 11 is 0. The molecule has 1 N–H and O–H groups in total. The first kappa shape index (κ1) is 27.7. The summed E-state index contributed by atoms with van der Waals surface area (Å²) in [7, 11) is -2.76. The second kappa shape index (κ2) is 12.4. The van der Waals surface area contributed by atoms with Gasteiger partial charge in [0.25, 0.3) is 10.0 Å². The molecule has 0 saturated carbocycles. The monoisotopic (exact) mass is 527 g/mol. The summed E-state index contributed by atoms with van der Waals surface area (Å²) in [5, 5.41) is 2.49. The molecule has 3 rings (SSSR count). The Balaban J connectivity index is 2.00. The zero-order valence-corrected chi connectivity index (χ0v) is 21.7. The molecule has 0 aliphatic carbocycles. The lowest BCUT2D eigenvalue weighted by Crippen LogP contribution is -2.50. The van der Waals surface area contributed by atoms with Crippen LogP contribution in [0.5, 0.6) is 5.75 Å². The van der Waals surface area contributed by atoms with Crippen molar-refractivity contribution in [3.63, 3.8) is 0 Å². The van der Waals surface area contributed by atoms with Gasteiger partial charge >= 0.3 is 0 Å². The first-order valence-electron chi connectivity index (χ1n) is 11.7. The van der Waals surface area contributed by atoms with Crippen LogP contribution in [0.4, 0.5) is 10.1 Å². The zero-order chi connectivity index (χ0) is 27.0. The fourth-order valence-electron chi connectivity index (χ4n) is 3.73. The number of amides is 2. The Morgan fingerprint density at radius 2 is 1.59 bits per heavy atom. The summed E-state index contributed by atoms with van der Waals surface area (Å²) < 4.78 is 48.2. The molecule has 0 heterocycles. The lowest BCUT2D eigenvalue weighted by Gasteiger charge is -2.31. The van der Waals surface area contributed by atoms with E-state index < -0.39 is 40.2 Å². The van der Waals surface area contributed by atoms with Crippen molar-refractivity contribution in [3.8, 4) is 5.75 Å². The average Bonchev–Trinajstić information content (AvgIpc) is 2.91. The molecule has 0 aliphatic heterocycles. The van der Waals surface area contributed by atoms with Gasteiger partial charge in [-0.1, -0.05) is 36.4 Å². The highest BCUT2D eigenvalue weighted by Gasteiger charge is 2.32. The van der Waals surface area contributed by atoms with Crippen LogP contribution in [-0.2, 0) is 26.2 Å². The third-order valence-corrected chi connectivity index (χ3v) is 7.55. The SMILES string of the molecule is CCOc1ccc(S(=O)(=O)N(CC(=O)N(Cc2ccccc2F)[C@H](C)C(=O)NC)c2ccccc2)cc1. The molecule has 0 radical (unpaired) electrons. The number of carbonyl (C=O) groups excluding carboxylic acids is 2. The van der Waals surface area contributed by atoms with Crippen LogP contribution < -0.4 is 14.4 Å². The maximum absolute atomic E-state index is 14.4. The van der Waals surface area contributed by atoms with Gasteiger partial charge in [-0.05, 0) is 56.3 Å². The van der Waals surface area contributed by atoms with E-state index in [2.05, 4.69) is 5.32 Å². The molecule has 10 heteroatoms. The number of carbonyl (C=O) groups is 2. The largest absolute Gasteiger partial charge is 0.494 e. The van der Waals surface area contributed by atoms with Gasteiger partial charge in [0.2, 0.25) is 11.8 Å². The molecule has 3 aromatic carbocycles. The van der Waals surface area contributed by atoms with Gasteiger partial charge in [0, 0.05) is 19.2 Å². The van der Waals surface area contributed by atoms with Crippen LogP contribution in [-0.4, -0.2) is 51.4 Å². The molecule has 0 bridgehead atoms. The fourth-order valence-corrected chi connectivity index (χ4v) is 5.14. The summed E-state index contributed by atoms with van der Waals surface area (Å²) in [5.41, 5.74) is 0.468. The normalized spacial score (nSPS) is 11.9. The van der Waals surface area contributed by atoms with Gasteiger partial charge in [-0.2, -0.15) is 0 Å². The van der Waals surface area contributed by atoms with Gasteiger partial charge < -0.3 is 15.0 Å². The number of rotatable bonds is 11. The molecule has 0 saturated heterocycles. The van der Waals surface area contributed by atoms with Crippen molar-refractivity contribution < 1.29 is 27.1 Å². The van der Waals surface area contributed by atoms with E-state index in [0.717, 1.165) is 4.31 Å². The number of hydrogen-bond donors (Lipinski definition) is 1. The molecule has 2 amide bonds. The molecular formula is C27H30FN3O5S. The summed E-state index contributed by atoms with van der Waals surface area (Å²) in [5.74, 6) is -1.16. The summed E-state index contributed by atoms with van der Waals surface area (Å²) in [6.45, 7) is 2.94. The quantitative estimate of drug-likeness (QED) is 0.411. The highest BCUT2D eigenvalue weighted by atomic mass is 32.2. The van der Waals surface area contributed by atoms with E-state index in [0.29, 0.717) is 12.4 Å². The van der Waals surface area contributed by atoms with E-state index in [1.165, 1.54) is 49.2 Å². The lowest BCUT2D eigenvalue weighted by atomic mass is 10.1. The number of anilines is 1. The summed E-state index contributed by atoms with van der Waals surface area (Å²) in [4.78, 5) is 27.2. The van der Waals surface area contributed by atoms with Crippen LogP contribution in [0.3, 0.4) is 0 Å². The van der Waals surface area contributed by atoms with Crippen molar-refractivity contribution in [1.29, 1.82) is 0 Å². The molecule has 37 heavy (non-hydrogen) atoms. The van der Waals surface area contributed by atoms with Crippen molar-refractivity contribution in [2.24, 2.45) is 0 Å². The van der Waals surface area contributed by atoms with E-state index >= 15 is 0 Å². The Morgan fingerprint density at radius 3 is 2.19 bits per heavy atom. The second-order valence-electron chi connectivity index (χ2n) is 8.15. The van der Waals surface area contributed by atoms with E-state index in [1.807, 2.05) is 6.92 Å². The van der Waals surface area contributed by atoms with Crippen molar-refractivity contribution in [3.05, 3.63) is 90.2 Å². The third kappa shape index (κ3) is 6.65. The smallest absolute Gasteiger partial charge is 0.264 e. The molecule has 0 fully saturated rings. The van der Waals surface area contributed by atoms with Gasteiger partial charge in [0.1, 0.15) is 24.2 Å². The van der Waals surface area contributed by atoms with E-state index in [4.69, 9.17) is 4.74 Å². The van der Waals surface area contributed by atoms with Crippen molar-refractivity contribution in [1.82, 2.24) is 10.2 Å². The maximum atomic E-state index is 14.4. The van der Waals surface area contributed by atoms with Gasteiger partial charge in [-0.3, -0.25) is 13.9 Å². The number of benzene rings is 3. The molecule has 3 aromatic rings. The molecule has 1 atom stereocenters. The van der Waals surface area contributed by atoms with E-state index in [-0.39, 0.29) is 22.7 Å². The molecule has 196 valence electrons. The van der Waals surface area contributed by atoms with Crippen LogP contribution in [0.25, 0.3) is 0 Å². The minimum absolute atomic E-state index is 0.0346. The first-order chi connectivity index (χ1) is 17.7. The topological polar surface area (TPSA) is 96.0 Å². The number of ether oxygens (including phenoxy) is 1. The average molecular weight is 528 g/mol. The maximum Gasteiger partial charge on any atom is 0.264 e. The zero-order valence-electron chi connectivity index (χ0n) is 20.9. The Kier molecular flexibility index (Phi) is 9.24. The minimum Gasteiger partial charge on any atom is -0.494 e. The van der Waals surface area contributed by atoms with Crippen LogP contribution in [0, 0.1) is 5.82 Å². The number of likely N-dealkylation sites (N-methyl/N-ethyl adjacent to an activating group) is 1. The number of hydrogen-bond acceptors (Lipinski definition) is 5. The van der Waals surface area contributed by atoms with Crippen molar-refractivity contribution >= 4 is 27.5 Å².